The molecule has 1 rings (SSSR count). The van der Waals surface area contributed by atoms with Gasteiger partial charge in [0.2, 0.25) is 0 Å². The lowest BCUT2D eigenvalue weighted by Crippen LogP contribution is -2.41. The number of nitrogens with zero attached hydrogens (tertiary/aromatic N) is 2. The predicted octanol–water partition coefficient (Wildman–Crippen LogP) is 1.06. The van der Waals surface area contributed by atoms with Crippen LogP contribution in [0.25, 0.3) is 0 Å². The Kier molecular flexibility index (Phi) is 7.20. The Morgan fingerprint density at radius 2 is 2.31 bits per heavy atom. The molecule has 0 aliphatic heterocycles. The van der Waals surface area contributed by atoms with Gasteiger partial charge >= 0.3 is 0 Å². The van der Waals surface area contributed by atoms with E-state index in [4.69, 9.17) is 5.73 Å². The Morgan fingerprint density at radius 3 is 2.75 bits per heavy atom. The van der Waals surface area contributed by atoms with Crippen LogP contribution >= 0.6 is 23.9 Å². The summed E-state index contributed by atoms with van der Waals surface area (Å²) >= 11 is 1.16. The van der Waals surface area contributed by atoms with Crippen LogP contribution in [0.1, 0.15) is 30.8 Å². The zero-order valence-corrected chi connectivity index (χ0v) is 11.0. The van der Waals surface area contributed by atoms with Crippen LogP contribution < -0.4 is 11.1 Å². The Labute approximate surface area is 105 Å². The summed E-state index contributed by atoms with van der Waals surface area (Å²) in [6.45, 7) is 4.64. The molecule has 0 aliphatic rings. The molecule has 0 fully saturated rings. The summed E-state index contributed by atoms with van der Waals surface area (Å²) in [4.78, 5) is 11.6. The number of nitrogens with one attached hydrogen (secondary N) is 1. The molecule has 0 saturated heterocycles. The van der Waals surface area contributed by atoms with Gasteiger partial charge in [-0.3, -0.25) is 4.79 Å². The number of halogens is 1. The van der Waals surface area contributed by atoms with Crippen molar-refractivity contribution in [1.29, 1.82) is 0 Å². The molecule has 0 saturated carbocycles. The first-order chi connectivity index (χ1) is 7.13. The highest BCUT2D eigenvalue weighted by Crippen LogP contribution is 2.05. The van der Waals surface area contributed by atoms with Crippen LogP contribution in [0.3, 0.4) is 0 Å². The molecule has 3 N–H and O–H groups in total. The molecule has 0 bridgehead atoms. The van der Waals surface area contributed by atoms with Crippen LogP contribution in [0, 0.1) is 5.92 Å². The highest BCUT2D eigenvalue weighted by Gasteiger charge is 2.15. The zero-order chi connectivity index (χ0) is 11.3. The first-order valence-corrected chi connectivity index (χ1v) is 5.75. The van der Waals surface area contributed by atoms with Crippen LogP contribution in [0.5, 0.6) is 0 Å². The SMILES string of the molecule is CC(C)CC(CN)NC(=O)c1csnn1.Cl. The molecule has 0 radical (unpaired) electrons. The second-order valence-electron chi connectivity index (χ2n) is 3.83. The van der Waals surface area contributed by atoms with E-state index in [1.54, 1.807) is 5.38 Å². The van der Waals surface area contributed by atoms with Gasteiger partial charge in [0.15, 0.2) is 5.69 Å². The average molecular weight is 265 g/mol. The number of hydrogen-bond acceptors (Lipinski definition) is 5. The van der Waals surface area contributed by atoms with Gasteiger partial charge in [-0.25, -0.2) is 0 Å². The average Bonchev–Trinajstić information content (AvgIpc) is 2.68. The smallest absolute Gasteiger partial charge is 0.272 e. The highest BCUT2D eigenvalue weighted by molar-refractivity contribution is 7.03. The van der Waals surface area contributed by atoms with Crippen molar-refractivity contribution in [3.63, 3.8) is 0 Å². The summed E-state index contributed by atoms with van der Waals surface area (Å²) in [6.07, 6.45) is 0.875. The monoisotopic (exact) mass is 264 g/mol. The Hall–Kier alpha value is -0.720. The number of rotatable bonds is 5. The van der Waals surface area contributed by atoms with E-state index >= 15 is 0 Å². The molecule has 1 aromatic rings. The maximum Gasteiger partial charge on any atom is 0.272 e. The third-order valence-electron chi connectivity index (χ3n) is 1.97. The van der Waals surface area contributed by atoms with Crippen molar-refractivity contribution in [2.24, 2.45) is 11.7 Å². The molecule has 1 heterocycles. The van der Waals surface area contributed by atoms with Crippen LogP contribution in [0.4, 0.5) is 0 Å². The number of aromatic nitrogens is 2. The first kappa shape index (κ1) is 15.3. The molecule has 16 heavy (non-hydrogen) atoms. The van der Waals surface area contributed by atoms with Gasteiger partial charge in [0.25, 0.3) is 5.91 Å². The summed E-state index contributed by atoms with van der Waals surface area (Å²) in [5.41, 5.74) is 5.94. The molecule has 7 heteroatoms. The third kappa shape index (κ3) is 4.87. The maximum atomic E-state index is 11.6. The lowest BCUT2D eigenvalue weighted by atomic mass is 10.0. The minimum atomic E-state index is -0.195. The second-order valence-corrected chi connectivity index (χ2v) is 4.44. The zero-order valence-electron chi connectivity index (χ0n) is 9.34. The van der Waals surface area contributed by atoms with Gasteiger partial charge in [0, 0.05) is 18.0 Å². The van der Waals surface area contributed by atoms with E-state index in [9.17, 15) is 4.79 Å². The Morgan fingerprint density at radius 1 is 1.62 bits per heavy atom. The van der Waals surface area contributed by atoms with Gasteiger partial charge in [0.05, 0.1) is 0 Å². The highest BCUT2D eigenvalue weighted by atomic mass is 35.5. The summed E-state index contributed by atoms with van der Waals surface area (Å²) in [5, 5.41) is 8.16. The summed E-state index contributed by atoms with van der Waals surface area (Å²) in [6, 6.07) is 0.0131. The van der Waals surface area contributed by atoms with Crippen molar-refractivity contribution in [2.75, 3.05) is 6.54 Å². The van der Waals surface area contributed by atoms with Crippen molar-refractivity contribution in [1.82, 2.24) is 14.9 Å². The number of carbonyl (C=O) groups excluding carboxylic acids is 1. The minimum absolute atomic E-state index is 0. The lowest BCUT2D eigenvalue weighted by Gasteiger charge is -2.17. The molecule has 0 aliphatic carbocycles. The molecule has 1 atom stereocenters. The fraction of sp³-hybridized carbons (Fsp3) is 0.667. The number of nitrogens with two attached hydrogens (primary N) is 1. The molecule has 0 aromatic carbocycles. The molecule has 1 aromatic heterocycles. The van der Waals surface area contributed by atoms with Crippen molar-refractivity contribution in [3.05, 3.63) is 11.1 Å². The number of amides is 1. The molecular formula is C9H17ClN4OS. The van der Waals surface area contributed by atoms with Crippen molar-refractivity contribution in [3.8, 4) is 0 Å². The van der Waals surface area contributed by atoms with Crippen LogP contribution in [0.15, 0.2) is 5.38 Å². The van der Waals surface area contributed by atoms with Crippen LogP contribution in [0.2, 0.25) is 0 Å². The predicted molar refractivity (Wildman–Crippen MR) is 66.9 cm³/mol. The number of hydrogen-bond donors (Lipinski definition) is 2. The molecule has 1 amide bonds. The molecular weight excluding hydrogens is 248 g/mol. The van der Waals surface area contributed by atoms with Crippen LogP contribution in [-0.4, -0.2) is 28.1 Å². The van der Waals surface area contributed by atoms with Crippen molar-refractivity contribution < 1.29 is 4.79 Å². The van der Waals surface area contributed by atoms with E-state index in [2.05, 4.69) is 28.8 Å². The fourth-order valence-electron chi connectivity index (χ4n) is 1.31. The van der Waals surface area contributed by atoms with E-state index < -0.39 is 0 Å². The van der Waals surface area contributed by atoms with Gasteiger partial charge in [-0.15, -0.1) is 17.5 Å². The van der Waals surface area contributed by atoms with E-state index in [0.29, 0.717) is 18.2 Å². The fourth-order valence-corrected chi connectivity index (χ4v) is 1.74. The quantitative estimate of drug-likeness (QED) is 0.833. The Balaban J connectivity index is 0.00000225. The molecule has 1 unspecified atom stereocenters. The summed E-state index contributed by atoms with van der Waals surface area (Å²) in [5.74, 6) is 0.312. The normalized spacial score (nSPS) is 12.0. The van der Waals surface area contributed by atoms with E-state index in [1.165, 1.54) is 0 Å². The van der Waals surface area contributed by atoms with E-state index in [-0.39, 0.29) is 24.4 Å². The molecule has 5 nitrogen and oxygen atoms in total. The Bertz CT molecular complexity index is 304. The lowest BCUT2D eigenvalue weighted by molar-refractivity contribution is 0.0928. The van der Waals surface area contributed by atoms with Gasteiger partial charge in [0.1, 0.15) is 0 Å². The van der Waals surface area contributed by atoms with Gasteiger partial charge in [-0.05, 0) is 23.9 Å². The standard InChI is InChI=1S/C9H16N4OS.ClH/c1-6(2)3-7(4-10)11-9(14)8-5-15-13-12-8;/h5-7H,3-4,10H2,1-2H3,(H,11,14);1H. The van der Waals surface area contributed by atoms with Crippen molar-refractivity contribution in [2.45, 2.75) is 26.3 Å². The largest absolute Gasteiger partial charge is 0.347 e. The summed E-state index contributed by atoms with van der Waals surface area (Å²) in [7, 11) is 0. The van der Waals surface area contributed by atoms with Crippen molar-refractivity contribution >= 4 is 29.8 Å². The molecule has 92 valence electrons. The van der Waals surface area contributed by atoms with Crippen LogP contribution in [-0.2, 0) is 0 Å². The van der Waals surface area contributed by atoms with Gasteiger partial charge in [-0.1, -0.05) is 18.3 Å². The van der Waals surface area contributed by atoms with E-state index in [0.717, 1.165) is 18.0 Å². The van der Waals surface area contributed by atoms with E-state index in [1.807, 2.05) is 0 Å². The maximum absolute atomic E-state index is 11.6. The number of carbonyl (C=O) groups is 1. The second kappa shape index (κ2) is 7.54. The summed E-state index contributed by atoms with van der Waals surface area (Å²) < 4.78 is 3.64. The van der Waals surface area contributed by atoms with Gasteiger partial charge in [-0.2, -0.15) is 0 Å². The minimum Gasteiger partial charge on any atom is -0.347 e. The first-order valence-electron chi connectivity index (χ1n) is 4.91. The third-order valence-corrected chi connectivity index (χ3v) is 2.47. The van der Waals surface area contributed by atoms with Gasteiger partial charge < -0.3 is 11.1 Å². The molecule has 0 spiro atoms. The topological polar surface area (TPSA) is 80.9 Å².